The van der Waals surface area contributed by atoms with Crippen LogP contribution in [0.15, 0.2) is 5.38 Å². The summed E-state index contributed by atoms with van der Waals surface area (Å²) in [5, 5.41) is 11.8. The summed E-state index contributed by atoms with van der Waals surface area (Å²) in [5.74, 6) is 0.111. The molecule has 1 N–H and O–H groups in total. The van der Waals surface area contributed by atoms with Gasteiger partial charge in [-0.1, -0.05) is 0 Å². The zero-order chi connectivity index (χ0) is 10.9. The minimum absolute atomic E-state index is 0.0838. The minimum atomic E-state index is -0.0838. The molecule has 2 rings (SSSR count). The summed E-state index contributed by atoms with van der Waals surface area (Å²) < 4.78 is 5.51. The van der Waals surface area contributed by atoms with E-state index in [-0.39, 0.29) is 11.5 Å². The number of thiazole rings is 1. The van der Waals surface area contributed by atoms with Crippen molar-refractivity contribution in [1.82, 2.24) is 4.98 Å². The summed E-state index contributed by atoms with van der Waals surface area (Å²) in [5.41, 5.74) is -0.0838. The fourth-order valence-electron chi connectivity index (χ4n) is 1.94. The Bertz CT molecular complexity index is 342. The van der Waals surface area contributed by atoms with Crippen LogP contribution >= 0.6 is 11.3 Å². The van der Waals surface area contributed by atoms with Crippen LogP contribution in [-0.4, -0.2) is 35.9 Å². The molecule has 0 aliphatic carbocycles. The van der Waals surface area contributed by atoms with Gasteiger partial charge in [-0.3, -0.25) is 0 Å². The first-order valence-electron chi connectivity index (χ1n) is 5.07. The summed E-state index contributed by atoms with van der Waals surface area (Å²) in [4.78, 5) is 6.26. The maximum absolute atomic E-state index is 9.21. The van der Waals surface area contributed by atoms with Gasteiger partial charge in [-0.05, 0) is 19.8 Å². The van der Waals surface area contributed by atoms with Crippen molar-refractivity contribution in [3.63, 3.8) is 0 Å². The van der Waals surface area contributed by atoms with Crippen molar-refractivity contribution in [1.29, 1.82) is 0 Å². The van der Waals surface area contributed by atoms with Crippen molar-refractivity contribution in [3.8, 4) is 5.88 Å². The lowest BCUT2D eigenvalue weighted by atomic mass is 9.95. The maximum Gasteiger partial charge on any atom is 0.223 e. The van der Waals surface area contributed by atoms with Gasteiger partial charge < -0.3 is 14.7 Å². The number of anilines is 1. The van der Waals surface area contributed by atoms with Gasteiger partial charge >= 0.3 is 0 Å². The van der Waals surface area contributed by atoms with E-state index < -0.39 is 0 Å². The zero-order valence-electron chi connectivity index (χ0n) is 9.06. The Kier molecular flexibility index (Phi) is 2.84. The fraction of sp³-hybridized carbons (Fsp3) is 0.700. The second-order valence-electron chi connectivity index (χ2n) is 4.17. The molecule has 1 saturated heterocycles. The molecule has 5 heteroatoms. The van der Waals surface area contributed by atoms with Crippen LogP contribution < -0.4 is 4.90 Å². The smallest absolute Gasteiger partial charge is 0.223 e. The monoisotopic (exact) mass is 228 g/mol. The van der Waals surface area contributed by atoms with E-state index in [4.69, 9.17) is 4.74 Å². The Morgan fingerprint density at radius 2 is 2.47 bits per heavy atom. The zero-order valence-corrected chi connectivity index (χ0v) is 9.88. The molecule has 1 fully saturated rings. The average Bonchev–Trinajstić information content (AvgIpc) is 2.65. The Morgan fingerprint density at radius 3 is 3.07 bits per heavy atom. The molecule has 0 spiro atoms. The van der Waals surface area contributed by atoms with E-state index in [0.717, 1.165) is 31.1 Å². The highest BCUT2D eigenvalue weighted by Crippen LogP contribution is 2.31. The molecule has 1 aliphatic heterocycles. The highest BCUT2D eigenvalue weighted by atomic mass is 32.1. The molecule has 1 aromatic heterocycles. The number of hydrogen-bond acceptors (Lipinski definition) is 5. The van der Waals surface area contributed by atoms with Gasteiger partial charge in [0.2, 0.25) is 5.88 Å². The Labute approximate surface area is 93.5 Å². The number of nitrogens with zero attached hydrogens (tertiary/aromatic N) is 2. The molecular formula is C10H16N2O2S. The first kappa shape index (κ1) is 10.7. The molecule has 84 valence electrons. The van der Waals surface area contributed by atoms with E-state index >= 15 is 0 Å². The molecule has 2 heterocycles. The first-order valence-corrected chi connectivity index (χ1v) is 5.95. The molecule has 0 aromatic carbocycles. The van der Waals surface area contributed by atoms with Crippen molar-refractivity contribution < 1.29 is 9.84 Å². The number of ether oxygens (including phenoxy) is 1. The van der Waals surface area contributed by atoms with Crippen LogP contribution in [0.25, 0.3) is 0 Å². The largest absolute Gasteiger partial charge is 0.493 e. The molecule has 0 bridgehead atoms. The molecule has 0 saturated carbocycles. The van der Waals surface area contributed by atoms with E-state index in [1.807, 2.05) is 0 Å². The van der Waals surface area contributed by atoms with E-state index in [2.05, 4.69) is 16.8 Å². The van der Waals surface area contributed by atoms with Crippen molar-refractivity contribution in [2.24, 2.45) is 0 Å². The standard InChI is InChI=1S/C10H16N2O2S/c1-10(14-2)4-3-5-12(7-10)9-11-8(13)6-15-9/h6,13H,3-5,7H2,1-2H3. The molecule has 0 amide bonds. The van der Waals surface area contributed by atoms with E-state index in [0.29, 0.717) is 0 Å². The lowest BCUT2D eigenvalue weighted by Crippen LogP contribution is -2.47. The lowest BCUT2D eigenvalue weighted by Gasteiger charge is -2.39. The summed E-state index contributed by atoms with van der Waals surface area (Å²) in [7, 11) is 1.75. The number of hydrogen-bond donors (Lipinski definition) is 1. The Morgan fingerprint density at radius 1 is 1.67 bits per heavy atom. The lowest BCUT2D eigenvalue weighted by molar-refractivity contribution is -0.00467. The second kappa shape index (κ2) is 3.98. The van der Waals surface area contributed by atoms with Crippen LogP contribution in [0.2, 0.25) is 0 Å². The van der Waals surface area contributed by atoms with Crippen LogP contribution in [0.3, 0.4) is 0 Å². The van der Waals surface area contributed by atoms with Crippen LogP contribution in [0.5, 0.6) is 5.88 Å². The van der Waals surface area contributed by atoms with Gasteiger partial charge in [-0.25, -0.2) is 0 Å². The van der Waals surface area contributed by atoms with Crippen molar-refractivity contribution >= 4 is 16.5 Å². The molecular weight excluding hydrogens is 212 g/mol. The second-order valence-corrected chi connectivity index (χ2v) is 5.00. The third-order valence-electron chi connectivity index (χ3n) is 2.90. The van der Waals surface area contributed by atoms with E-state index in [1.165, 1.54) is 11.3 Å². The highest BCUT2D eigenvalue weighted by Gasteiger charge is 2.31. The summed E-state index contributed by atoms with van der Waals surface area (Å²) in [6, 6.07) is 0. The van der Waals surface area contributed by atoms with Crippen molar-refractivity contribution in [2.75, 3.05) is 25.1 Å². The van der Waals surface area contributed by atoms with Gasteiger partial charge in [-0.2, -0.15) is 4.98 Å². The van der Waals surface area contributed by atoms with Crippen molar-refractivity contribution in [3.05, 3.63) is 5.38 Å². The minimum Gasteiger partial charge on any atom is -0.493 e. The third kappa shape index (κ3) is 2.23. The third-order valence-corrected chi connectivity index (χ3v) is 3.79. The summed E-state index contributed by atoms with van der Waals surface area (Å²) >= 11 is 1.48. The fourth-order valence-corrected chi connectivity index (χ4v) is 2.65. The molecule has 1 aliphatic rings. The van der Waals surface area contributed by atoms with E-state index in [1.54, 1.807) is 12.5 Å². The van der Waals surface area contributed by atoms with Gasteiger partial charge in [0.15, 0.2) is 5.13 Å². The predicted octanol–water partition coefficient (Wildman–Crippen LogP) is 1.85. The van der Waals surface area contributed by atoms with Crippen LogP contribution in [-0.2, 0) is 4.74 Å². The molecule has 1 aromatic rings. The van der Waals surface area contributed by atoms with Gasteiger partial charge in [0, 0.05) is 20.2 Å². The van der Waals surface area contributed by atoms with Crippen LogP contribution in [0.4, 0.5) is 5.13 Å². The quantitative estimate of drug-likeness (QED) is 0.839. The number of methoxy groups -OCH3 is 1. The van der Waals surface area contributed by atoms with Gasteiger partial charge in [0.05, 0.1) is 11.0 Å². The topological polar surface area (TPSA) is 45.6 Å². The van der Waals surface area contributed by atoms with Crippen LogP contribution in [0.1, 0.15) is 19.8 Å². The first-order chi connectivity index (χ1) is 7.13. The molecule has 15 heavy (non-hydrogen) atoms. The summed E-state index contributed by atoms with van der Waals surface area (Å²) in [6.45, 7) is 3.95. The average molecular weight is 228 g/mol. The Hall–Kier alpha value is -0.810. The SMILES string of the molecule is COC1(C)CCCN(c2nc(O)cs2)C1. The van der Waals surface area contributed by atoms with Gasteiger partial charge in [0.1, 0.15) is 0 Å². The molecule has 1 unspecified atom stereocenters. The number of aromatic nitrogens is 1. The van der Waals surface area contributed by atoms with Crippen molar-refractivity contribution in [2.45, 2.75) is 25.4 Å². The molecule has 0 radical (unpaired) electrons. The van der Waals surface area contributed by atoms with Crippen LogP contribution in [0, 0.1) is 0 Å². The number of rotatable bonds is 2. The number of aromatic hydroxyl groups is 1. The normalized spacial score (nSPS) is 26.9. The molecule has 1 atom stereocenters. The number of piperidine rings is 1. The highest BCUT2D eigenvalue weighted by molar-refractivity contribution is 7.13. The predicted molar refractivity (Wildman–Crippen MR) is 60.6 cm³/mol. The molecule has 4 nitrogen and oxygen atoms in total. The van der Waals surface area contributed by atoms with E-state index in [9.17, 15) is 5.11 Å². The summed E-state index contributed by atoms with van der Waals surface area (Å²) in [6.07, 6.45) is 2.18. The van der Waals surface area contributed by atoms with Gasteiger partial charge in [-0.15, -0.1) is 11.3 Å². The Balaban J connectivity index is 2.11. The van der Waals surface area contributed by atoms with Gasteiger partial charge in [0.25, 0.3) is 0 Å². The maximum atomic E-state index is 9.21.